The molecule has 0 amide bonds. The Morgan fingerprint density at radius 2 is 1.13 bits per heavy atom. The smallest absolute Gasteiger partial charge is 0.111 e. The molecule has 0 radical (unpaired) electrons. The van der Waals surface area contributed by atoms with Crippen LogP contribution in [0, 0.1) is 0 Å². The van der Waals surface area contributed by atoms with Gasteiger partial charge in [-0.1, -0.05) is 0 Å². The molecule has 0 saturated heterocycles. The zero-order chi connectivity index (χ0) is 18.3. The van der Waals surface area contributed by atoms with Gasteiger partial charge in [-0.3, -0.25) is 4.90 Å². The Hall–Kier alpha value is -0.400. The topological polar surface area (TPSA) is 177 Å². The fourth-order valence-electron chi connectivity index (χ4n) is 1.65. The van der Waals surface area contributed by atoms with Crippen LogP contribution in [-0.4, -0.2) is 130 Å². The van der Waals surface area contributed by atoms with E-state index in [1.54, 1.807) is 11.9 Å². The number of nitrogens with one attached hydrogen (secondary N) is 1. The van der Waals surface area contributed by atoms with Crippen molar-refractivity contribution in [3.05, 3.63) is 0 Å². The Kier molecular flexibility index (Phi) is 17.8. The lowest BCUT2D eigenvalue weighted by molar-refractivity contribution is -0.113. The molecule has 9 N–H and O–H groups in total. The summed E-state index contributed by atoms with van der Waals surface area (Å²) in [5, 5.41) is 72.9. The van der Waals surface area contributed by atoms with Gasteiger partial charge in [-0.15, -0.1) is 0 Å². The molecule has 10 nitrogen and oxygen atoms in total. The third-order valence-electron chi connectivity index (χ3n) is 2.99. The summed E-state index contributed by atoms with van der Waals surface area (Å²) < 4.78 is 0. The van der Waals surface area contributed by atoms with Gasteiger partial charge in [0.2, 0.25) is 0 Å². The monoisotopic (exact) mass is 344 g/mol. The summed E-state index contributed by atoms with van der Waals surface area (Å²) in [6.07, 6.45) is -5.65. The molecule has 0 rings (SSSR count). The van der Waals surface area contributed by atoms with Crippen molar-refractivity contribution in [2.75, 3.05) is 59.7 Å². The van der Waals surface area contributed by atoms with Gasteiger partial charge in [0.05, 0.1) is 32.5 Å². The molecule has 4 atom stereocenters. The van der Waals surface area contributed by atoms with Crippen molar-refractivity contribution in [1.29, 1.82) is 0 Å². The Bertz CT molecular complexity index is 236. The van der Waals surface area contributed by atoms with Gasteiger partial charge in [0, 0.05) is 26.2 Å². The maximum atomic E-state index is 9.21. The van der Waals surface area contributed by atoms with Crippen molar-refractivity contribution in [3.63, 3.8) is 0 Å². The van der Waals surface area contributed by atoms with Gasteiger partial charge >= 0.3 is 0 Å². The molecule has 0 aliphatic carbocycles. The molecule has 0 aromatic rings. The molecule has 23 heavy (non-hydrogen) atoms. The second kappa shape index (κ2) is 16.5. The second-order valence-corrected chi connectivity index (χ2v) is 4.87. The van der Waals surface area contributed by atoms with Crippen molar-refractivity contribution >= 4 is 0 Å². The van der Waals surface area contributed by atoms with E-state index in [0.29, 0.717) is 19.6 Å². The minimum atomic E-state index is -1.55. The minimum absolute atomic E-state index is 0.0694. The number of aliphatic hydroxyl groups excluding tert-OH is 8. The highest BCUT2D eigenvalue weighted by atomic mass is 16.4. The van der Waals surface area contributed by atoms with E-state index in [0.717, 1.165) is 0 Å². The normalized spacial score (nSPS) is 16.4. The van der Waals surface area contributed by atoms with Crippen LogP contribution in [0.15, 0.2) is 0 Å². The Morgan fingerprint density at radius 3 is 1.43 bits per heavy atom. The summed E-state index contributed by atoms with van der Waals surface area (Å²) in [5.41, 5.74) is 0. The van der Waals surface area contributed by atoms with Crippen LogP contribution >= 0.6 is 0 Å². The number of likely N-dealkylation sites (N-methyl/N-ethyl adjacent to an activating group) is 1. The van der Waals surface area contributed by atoms with Crippen LogP contribution in [0.25, 0.3) is 0 Å². The second-order valence-electron chi connectivity index (χ2n) is 4.87. The van der Waals surface area contributed by atoms with Crippen molar-refractivity contribution < 1.29 is 40.9 Å². The van der Waals surface area contributed by atoms with Crippen LogP contribution < -0.4 is 5.32 Å². The van der Waals surface area contributed by atoms with E-state index in [1.165, 1.54) is 0 Å². The van der Waals surface area contributed by atoms with Gasteiger partial charge in [0.15, 0.2) is 0 Å². The third kappa shape index (κ3) is 12.7. The minimum Gasteiger partial charge on any atom is -0.395 e. The fourth-order valence-corrected chi connectivity index (χ4v) is 1.65. The lowest BCUT2D eigenvalue weighted by Crippen LogP contribution is -2.48. The molecular weight excluding hydrogens is 312 g/mol. The van der Waals surface area contributed by atoms with Crippen LogP contribution in [0.1, 0.15) is 0 Å². The Labute approximate surface area is 136 Å². The molecule has 0 aliphatic heterocycles. The van der Waals surface area contributed by atoms with E-state index in [-0.39, 0.29) is 26.4 Å². The molecule has 142 valence electrons. The average Bonchev–Trinajstić information content (AvgIpc) is 2.54. The number of hydrogen-bond acceptors (Lipinski definition) is 10. The summed E-state index contributed by atoms with van der Waals surface area (Å²) in [6.45, 7) is 1.18. The standard InChI is InChI=1S/C7H17NO5.C6H15NO3/c1-8-2-4(10)6(12)7(13)5(11)3-9;8-4-1-7(2-5-9)3-6-10/h4-13H,2-3H2,1H3;8-10H,1-6H2/t4-,5+,6+,7+;/m0./s1. The highest BCUT2D eigenvalue weighted by molar-refractivity contribution is 4.81. The molecule has 0 fully saturated rings. The number of nitrogens with zero attached hydrogens (tertiary/aromatic N) is 1. The summed E-state index contributed by atoms with van der Waals surface area (Å²) in [6, 6.07) is 0. The van der Waals surface area contributed by atoms with E-state index >= 15 is 0 Å². The molecule has 0 bridgehead atoms. The first-order chi connectivity index (χ1) is 10.9. The van der Waals surface area contributed by atoms with E-state index in [9.17, 15) is 5.11 Å². The number of hydrogen-bond donors (Lipinski definition) is 9. The van der Waals surface area contributed by atoms with E-state index in [2.05, 4.69) is 5.32 Å². The summed E-state index contributed by atoms with van der Waals surface area (Å²) >= 11 is 0. The highest BCUT2D eigenvalue weighted by Gasteiger charge is 2.29. The largest absolute Gasteiger partial charge is 0.395 e. The van der Waals surface area contributed by atoms with Crippen molar-refractivity contribution in [1.82, 2.24) is 10.2 Å². The SMILES string of the molecule is CNC[C@H](O)[C@@H](O)[C@H](O)[C@H](O)CO.OCCN(CCO)CCO. The molecular formula is C13H32N2O8. The quantitative estimate of drug-likeness (QED) is 0.166. The van der Waals surface area contributed by atoms with Gasteiger partial charge in [-0.2, -0.15) is 0 Å². The lowest BCUT2D eigenvalue weighted by atomic mass is 10.0. The van der Waals surface area contributed by atoms with Crippen LogP contribution in [-0.2, 0) is 0 Å². The zero-order valence-corrected chi connectivity index (χ0v) is 13.5. The molecule has 0 heterocycles. The van der Waals surface area contributed by atoms with E-state index < -0.39 is 31.0 Å². The van der Waals surface area contributed by atoms with Crippen molar-refractivity contribution in [2.45, 2.75) is 24.4 Å². The van der Waals surface area contributed by atoms with Crippen LogP contribution in [0.2, 0.25) is 0 Å². The lowest BCUT2D eigenvalue weighted by Gasteiger charge is -2.25. The maximum Gasteiger partial charge on any atom is 0.111 e. The van der Waals surface area contributed by atoms with Gasteiger partial charge < -0.3 is 46.2 Å². The first-order valence-electron chi connectivity index (χ1n) is 7.42. The molecule has 0 saturated carbocycles. The summed E-state index contributed by atoms with van der Waals surface area (Å²) in [7, 11) is 1.57. The van der Waals surface area contributed by atoms with Crippen molar-refractivity contribution in [2.24, 2.45) is 0 Å². The molecule has 0 spiro atoms. The molecule has 0 aromatic heterocycles. The van der Waals surface area contributed by atoms with Crippen LogP contribution in [0.4, 0.5) is 0 Å². The van der Waals surface area contributed by atoms with Crippen LogP contribution in [0.3, 0.4) is 0 Å². The van der Waals surface area contributed by atoms with E-state index in [4.69, 9.17) is 35.7 Å². The maximum absolute atomic E-state index is 9.21. The van der Waals surface area contributed by atoms with Gasteiger partial charge in [-0.05, 0) is 7.05 Å². The number of rotatable bonds is 12. The summed E-state index contributed by atoms with van der Waals surface area (Å²) in [4.78, 5) is 1.79. The van der Waals surface area contributed by atoms with Crippen LogP contribution in [0.5, 0.6) is 0 Å². The highest BCUT2D eigenvalue weighted by Crippen LogP contribution is 2.04. The first-order valence-corrected chi connectivity index (χ1v) is 7.42. The predicted molar refractivity (Wildman–Crippen MR) is 82.7 cm³/mol. The summed E-state index contributed by atoms with van der Waals surface area (Å²) in [5.74, 6) is 0. The average molecular weight is 344 g/mol. The molecule has 0 aromatic carbocycles. The van der Waals surface area contributed by atoms with Crippen molar-refractivity contribution in [3.8, 4) is 0 Å². The number of aliphatic hydroxyl groups is 8. The Morgan fingerprint density at radius 1 is 0.739 bits per heavy atom. The third-order valence-corrected chi connectivity index (χ3v) is 2.99. The van der Waals surface area contributed by atoms with Gasteiger partial charge in [-0.25, -0.2) is 0 Å². The molecule has 10 heteroatoms. The van der Waals surface area contributed by atoms with Gasteiger partial charge in [0.1, 0.15) is 18.3 Å². The Balaban J connectivity index is 0. The predicted octanol–water partition coefficient (Wildman–Crippen LogP) is -5.09. The fraction of sp³-hybridized carbons (Fsp3) is 1.00. The van der Waals surface area contributed by atoms with Gasteiger partial charge in [0.25, 0.3) is 0 Å². The zero-order valence-electron chi connectivity index (χ0n) is 13.5. The first kappa shape index (κ1) is 24.8. The molecule has 0 unspecified atom stereocenters. The van der Waals surface area contributed by atoms with E-state index in [1.807, 2.05) is 0 Å². The molecule has 0 aliphatic rings.